The van der Waals surface area contributed by atoms with E-state index in [4.69, 9.17) is 11.6 Å². The maximum atomic E-state index is 13.3. The number of hydrogen-bond acceptors (Lipinski definition) is 5. The van der Waals surface area contributed by atoms with E-state index in [1.807, 2.05) is 13.8 Å². The molecular weight excluding hydrogens is 446 g/mol. The van der Waals surface area contributed by atoms with Crippen molar-refractivity contribution in [1.82, 2.24) is 13.3 Å². The maximum Gasteiger partial charge on any atom is 0.243 e. The van der Waals surface area contributed by atoms with E-state index in [-0.39, 0.29) is 16.5 Å². The lowest BCUT2D eigenvalue weighted by molar-refractivity contribution is 0.521. The van der Waals surface area contributed by atoms with Gasteiger partial charge in [0, 0.05) is 43.0 Å². The molecule has 2 aromatic heterocycles. The number of rotatable bonds is 6. The summed E-state index contributed by atoms with van der Waals surface area (Å²) in [6, 6.07) is 8.00. The Kier molecular flexibility index (Phi) is 6.03. The van der Waals surface area contributed by atoms with E-state index >= 15 is 0 Å². The third-order valence-electron chi connectivity index (χ3n) is 5.22. The third-order valence-corrected chi connectivity index (χ3v) is 9.72. The molecule has 3 rings (SSSR count). The van der Waals surface area contributed by atoms with Crippen LogP contribution < -0.4 is 0 Å². The zero-order valence-corrected chi connectivity index (χ0v) is 19.8. The average molecular weight is 470 g/mol. The van der Waals surface area contributed by atoms with Crippen molar-refractivity contribution in [2.24, 2.45) is 5.92 Å². The minimum atomic E-state index is -3.80. The van der Waals surface area contributed by atoms with E-state index in [0.717, 1.165) is 8.28 Å². The number of halogens is 1. The number of hydrogen-bond donors (Lipinski definition) is 0. The number of aromatic nitrogens is 2. The highest BCUT2D eigenvalue weighted by atomic mass is 35.5. The molecule has 1 atom stereocenters. The molecule has 0 fully saturated rings. The largest absolute Gasteiger partial charge is 0.243 e. The van der Waals surface area contributed by atoms with Crippen LogP contribution >= 0.6 is 11.6 Å². The maximum absolute atomic E-state index is 13.3. The zero-order chi connectivity index (χ0) is 22.4. The van der Waals surface area contributed by atoms with Crippen molar-refractivity contribution in [2.75, 3.05) is 14.1 Å². The standard InChI is InChI=1S/C20H24ClN3O4S2/c1-13(2)14(3)29(25,26)24-12-16(19-17(21)10-11-22-20(19)24)15-8-6-7-9-18(15)30(27,28)23(4)5/h6-14H,1-5H3/t14-/m0/s1. The molecule has 0 unspecified atom stereocenters. The molecule has 10 heteroatoms. The van der Waals surface area contributed by atoms with Gasteiger partial charge in [-0.2, -0.15) is 0 Å². The van der Waals surface area contributed by atoms with Crippen LogP contribution in [0.3, 0.4) is 0 Å². The van der Waals surface area contributed by atoms with Crippen LogP contribution in [0.2, 0.25) is 5.02 Å². The number of sulfonamides is 1. The predicted octanol–water partition coefficient (Wildman–Crippen LogP) is 3.83. The monoisotopic (exact) mass is 469 g/mol. The molecule has 162 valence electrons. The molecule has 0 bridgehead atoms. The number of pyridine rings is 1. The Morgan fingerprint density at radius 3 is 2.23 bits per heavy atom. The van der Waals surface area contributed by atoms with Crippen molar-refractivity contribution in [2.45, 2.75) is 30.9 Å². The second-order valence-electron chi connectivity index (χ2n) is 7.61. The fourth-order valence-corrected chi connectivity index (χ4v) is 6.14. The smallest absolute Gasteiger partial charge is 0.237 e. The lowest BCUT2D eigenvalue weighted by Crippen LogP contribution is -2.29. The van der Waals surface area contributed by atoms with Gasteiger partial charge in [0.05, 0.1) is 15.2 Å². The first-order valence-electron chi connectivity index (χ1n) is 9.32. The van der Waals surface area contributed by atoms with Gasteiger partial charge in [-0.25, -0.2) is 30.1 Å². The number of fused-ring (bicyclic) bond motifs is 1. The molecule has 0 radical (unpaired) electrons. The Hall–Kier alpha value is -1.94. The molecule has 0 N–H and O–H groups in total. The summed E-state index contributed by atoms with van der Waals surface area (Å²) in [5.41, 5.74) is 0.919. The fourth-order valence-electron chi connectivity index (χ4n) is 3.12. The number of nitrogens with zero attached hydrogens (tertiary/aromatic N) is 3. The van der Waals surface area contributed by atoms with Crippen molar-refractivity contribution < 1.29 is 16.8 Å². The average Bonchev–Trinajstić information content (AvgIpc) is 3.08. The van der Waals surface area contributed by atoms with Crippen molar-refractivity contribution in [3.63, 3.8) is 0 Å². The first-order valence-corrected chi connectivity index (χ1v) is 12.6. The predicted molar refractivity (Wildman–Crippen MR) is 120 cm³/mol. The Balaban J connectivity index is 2.43. The normalized spacial score (nSPS) is 14.0. The molecule has 0 spiro atoms. The molecular formula is C20H24ClN3O4S2. The Bertz CT molecular complexity index is 1310. The van der Waals surface area contributed by atoms with Gasteiger partial charge in [-0.05, 0) is 25.0 Å². The summed E-state index contributed by atoms with van der Waals surface area (Å²) in [4.78, 5) is 4.32. The summed E-state index contributed by atoms with van der Waals surface area (Å²) in [5.74, 6) is -0.128. The molecule has 3 aromatic rings. The molecule has 7 nitrogen and oxygen atoms in total. The first kappa shape index (κ1) is 22.7. The van der Waals surface area contributed by atoms with Crippen LogP contribution in [0.5, 0.6) is 0 Å². The van der Waals surface area contributed by atoms with Gasteiger partial charge in [0.15, 0.2) is 5.65 Å². The summed E-state index contributed by atoms with van der Waals surface area (Å²) in [6.45, 7) is 5.29. The van der Waals surface area contributed by atoms with E-state index in [1.165, 1.54) is 32.6 Å². The second kappa shape index (κ2) is 7.96. The molecule has 2 heterocycles. The number of benzene rings is 1. The van der Waals surface area contributed by atoms with Crippen LogP contribution in [0, 0.1) is 5.92 Å². The highest BCUT2D eigenvalue weighted by Gasteiger charge is 2.31. The summed E-state index contributed by atoms with van der Waals surface area (Å²) in [5, 5.41) is 0.000733. The van der Waals surface area contributed by atoms with Crippen LogP contribution in [0.15, 0.2) is 47.6 Å². The second-order valence-corrected chi connectivity index (χ2v) is 12.3. The van der Waals surface area contributed by atoms with Gasteiger partial charge < -0.3 is 0 Å². The topological polar surface area (TPSA) is 89.3 Å². The van der Waals surface area contributed by atoms with Crippen LogP contribution in [-0.2, 0) is 20.0 Å². The quantitative estimate of drug-likeness (QED) is 0.547. The Morgan fingerprint density at radius 1 is 1.00 bits per heavy atom. The minimum Gasteiger partial charge on any atom is -0.237 e. The highest BCUT2D eigenvalue weighted by molar-refractivity contribution is 7.90. The molecule has 30 heavy (non-hydrogen) atoms. The van der Waals surface area contributed by atoms with E-state index in [0.29, 0.717) is 21.5 Å². The summed E-state index contributed by atoms with van der Waals surface area (Å²) < 4.78 is 54.6. The van der Waals surface area contributed by atoms with Gasteiger partial charge in [0.1, 0.15) is 0 Å². The molecule has 0 saturated heterocycles. The van der Waals surface area contributed by atoms with Crippen LogP contribution in [-0.4, -0.2) is 49.4 Å². The zero-order valence-electron chi connectivity index (χ0n) is 17.4. The third kappa shape index (κ3) is 3.64. The van der Waals surface area contributed by atoms with Crippen LogP contribution in [0.1, 0.15) is 20.8 Å². The van der Waals surface area contributed by atoms with Crippen LogP contribution in [0.25, 0.3) is 22.2 Å². The van der Waals surface area contributed by atoms with Gasteiger partial charge in [0.2, 0.25) is 20.0 Å². The van der Waals surface area contributed by atoms with E-state index in [2.05, 4.69) is 4.98 Å². The lowest BCUT2D eigenvalue weighted by Gasteiger charge is -2.17. The Morgan fingerprint density at radius 2 is 1.63 bits per heavy atom. The van der Waals surface area contributed by atoms with Crippen molar-refractivity contribution >= 4 is 42.7 Å². The van der Waals surface area contributed by atoms with Crippen molar-refractivity contribution in [3.8, 4) is 11.1 Å². The fraction of sp³-hybridized carbons (Fsp3) is 0.350. The van der Waals surface area contributed by atoms with Gasteiger partial charge in [0.25, 0.3) is 0 Å². The first-order chi connectivity index (χ1) is 13.9. The van der Waals surface area contributed by atoms with E-state index in [9.17, 15) is 16.8 Å². The lowest BCUT2D eigenvalue weighted by atomic mass is 10.1. The molecule has 0 saturated carbocycles. The molecule has 0 aliphatic heterocycles. The van der Waals surface area contributed by atoms with Crippen LogP contribution in [0.4, 0.5) is 0 Å². The SMILES string of the molecule is CC(C)[C@H](C)S(=O)(=O)n1cc(-c2ccccc2S(=O)(=O)N(C)C)c2c(Cl)ccnc21. The summed E-state index contributed by atoms with van der Waals surface area (Å²) in [7, 11) is -4.69. The van der Waals surface area contributed by atoms with E-state index in [1.54, 1.807) is 31.2 Å². The van der Waals surface area contributed by atoms with Gasteiger partial charge >= 0.3 is 0 Å². The summed E-state index contributed by atoms with van der Waals surface area (Å²) >= 11 is 6.44. The highest BCUT2D eigenvalue weighted by Crippen LogP contribution is 2.39. The molecule has 0 aliphatic rings. The molecule has 0 amide bonds. The molecule has 1 aromatic carbocycles. The molecule has 0 aliphatic carbocycles. The van der Waals surface area contributed by atoms with Gasteiger partial charge in [-0.1, -0.05) is 43.6 Å². The van der Waals surface area contributed by atoms with Gasteiger partial charge in [-0.15, -0.1) is 0 Å². The van der Waals surface area contributed by atoms with Gasteiger partial charge in [-0.3, -0.25) is 0 Å². The Labute approximate surface area is 182 Å². The van der Waals surface area contributed by atoms with E-state index < -0.39 is 25.3 Å². The summed E-state index contributed by atoms with van der Waals surface area (Å²) in [6.07, 6.45) is 2.85. The minimum absolute atomic E-state index is 0.0586. The van der Waals surface area contributed by atoms with Crippen molar-refractivity contribution in [1.29, 1.82) is 0 Å². The van der Waals surface area contributed by atoms with Crippen molar-refractivity contribution in [3.05, 3.63) is 47.7 Å².